The Hall–Kier alpha value is -2.78. The van der Waals surface area contributed by atoms with E-state index in [-0.39, 0.29) is 11.8 Å². The smallest absolute Gasteiger partial charge is 0.283 e. The van der Waals surface area contributed by atoms with Gasteiger partial charge in [0.2, 0.25) is 0 Å². The molecule has 5 rings (SSSR count). The monoisotopic (exact) mass is 424 g/mol. The highest BCUT2D eigenvalue weighted by atomic mass is 32.1. The number of thiazole rings is 1. The highest BCUT2D eigenvalue weighted by Gasteiger charge is 2.25. The SMILES string of the molecule is Cc1cc(-c2[nH]c3sc(C(=O)N4CCCOCC4)nc3c2C(C)C)cn2ncnc12. The lowest BCUT2D eigenvalue weighted by Crippen LogP contribution is -2.33. The molecular weight excluding hydrogens is 400 g/mol. The van der Waals surface area contributed by atoms with Crippen molar-refractivity contribution in [2.45, 2.75) is 33.1 Å². The van der Waals surface area contributed by atoms with Gasteiger partial charge in [-0.15, -0.1) is 0 Å². The maximum atomic E-state index is 13.0. The van der Waals surface area contributed by atoms with Crippen molar-refractivity contribution in [2.75, 3.05) is 26.3 Å². The second-order valence-electron chi connectivity index (χ2n) is 7.96. The lowest BCUT2D eigenvalue weighted by atomic mass is 9.99. The molecule has 1 saturated heterocycles. The Labute approximate surface area is 177 Å². The topological polar surface area (TPSA) is 88.4 Å². The average molecular weight is 425 g/mol. The van der Waals surface area contributed by atoms with E-state index in [2.05, 4.69) is 35.0 Å². The number of rotatable bonds is 3. The number of ether oxygens (including phenoxy) is 1. The van der Waals surface area contributed by atoms with Gasteiger partial charge >= 0.3 is 0 Å². The summed E-state index contributed by atoms with van der Waals surface area (Å²) in [4.78, 5) is 28.4. The Morgan fingerprint density at radius 1 is 1.30 bits per heavy atom. The number of H-pyrrole nitrogens is 1. The van der Waals surface area contributed by atoms with E-state index in [0.29, 0.717) is 31.3 Å². The lowest BCUT2D eigenvalue weighted by molar-refractivity contribution is 0.0741. The van der Waals surface area contributed by atoms with Gasteiger partial charge in [0, 0.05) is 37.0 Å². The van der Waals surface area contributed by atoms with Gasteiger partial charge in [-0.1, -0.05) is 25.2 Å². The summed E-state index contributed by atoms with van der Waals surface area (Å²) < 4.78 is 7.27. The quantitative estimate of drug-likeness (QED) is 0.543. The van der Waals surface area contributed by atoms with Crippen LogP contribution in [-0.4, -0.2) is 61.7 Å². The molecule has 30 heavy (non-hydrogen) atoms. The molecule has 5 heterocycles. The third-order valence-electron chi connectivity index (χ3n) is 5.51. The van der Waals surface area contributed by atoms with Gasteiger partial charge in [-0.3, -0.25) is 4.79 Å². The largest absolute Gasteiger partial charge is 0.380 e. The van der Waals surface area contributed by atoms with Crippen LogP contribution in [0.2, 0.25) is 0 Å². The zero-order chi connectivity index (χ0) is 20.8. The fourth-order valence-corrected chi connectivity index (χ4v) is 5.03. The summed E-state index contributed by atoms with van der Waals surface area (Å²) in [6.45, 7) is 8.96. The van der Waals surface area contributed by atoms with E-state index < -0.39 is 0 Å². The van der Waals surface area contributed by atoms with Crippen molar-refractivity contribution in [3.8, 4) is 11.3 Å². The minimum atomic E-state index is -0.00812. The van der Waals surface area contributed by atoms with E-state index in [4.69, 9.17) is 9.72 Å². The van der Waals surface area contributed by atoms with E-state index in [1.165, 1.54) is 11.3 Å². The van der Waals surface area contributed by atoms with Crippen LogP contribution in [0.25, 0.3) is 27.3 Å². The fraction of sp³-hybridized carbons (Fsp3) is 0.429. The summed E-state index contributed by atoms with van der Waals surface area (Å²) in [5.74, 6) is 0.239. The van der Waals surface area contributed by atoms with Gasteiger partial charge < -0.3 is 14.6 Å². The Bertz CT molecular complexity index is 1230. The molecule has 1 aliphatic rings. The molecule has 4 aromatic rings. The molecule has 156 valence electrons. The molecule has 1 fully saturated rings. The van der Waals surface area contributed by atoms with Crippen molar-refractivity contribution < 1.29 is 9.53 Å². The average Bonchev–Trinajstić information content (AvgIpc) is 3.36. The van der Waals surface area contributed by atoms with Crippen LogP contribution < -0.4 is 0 Å². The van der Waals surface area contributed by atoms with Crippen LogP contribution in [-0.2, 0) is 4.74 Å². The van der Waals surface area contributed by atoms with Crippen molar-refractivity contribution in [1.29, 1.82) is 0 Å². The first-order valence-corrected chi connectivity index (χ1v) is 11.0. The van der Waals surface area contributed by atoms with Crippen LogP contribution in [0.15, 0.2) is 18.6 Å². The van der Waals surface area contributed by atoms with Crippen LogP contribution in [0.3, 0.4) is 0 Å². The minimum absolute atomic E-state index is 0.00812. The van der Waals surface area contributed by atoms with Crippen molar-refractivity contribution in [2.24, 2.45) is 0 Å². The normalized spacial score (nSPS) is 15.4. The van der Waals surface area contributed by atoms with Crippen molar-refractivity contribution in [3.05, 3.63) is 34.7 Å². The van der Waals surface area contributed by atoms with Crippen molar-refractivity contribution >= 4 is 33.2 Å². The Morgan fingerprint density at radius 3 is 3.00 bits per heavy atom. The molecule has 0 spiro atoms. The number of nitrogens with one attached hydrogen (secondary N) is 1. The summed E-state index contributed by atoms with van der Waals surface area (Å²) in [6.07, 6.45) is 4.41. The summed E-state index contributed by atoms with van der Waals surface area (Å²) in [5, 5.41) is 4.83. The molecule has 0 bridgehead atoms. The van der Waals surface area contributed by atoms with E-state index in [1.807, 2.05) is 18.0 Å². The van der Waals surface area contributed by atoms with Crippen LogP contribution in [0, 0.1) is 6.92 Å². The maximum absolute atomic E-state index is 13.0. The molecule has 0 saturated carbocycles. The highest BCUT2D eigenvalue weighted by molar-refractivity contribution is 7.20. The molecule has 1 N–H and O–H groups in total. The first-order chi connectivity index (χ1) is 14.5. The minimum Gasteiger partial charge on any atom is -0.380 e. The molecule has 0 unspecified atom stereocenters. The lowest BCUT2D eigenvalue weighted by Gasteiger charge is -2.17. The van der Waals surface area contributed by atoms with Crippen LogP contribution in [0.1, 0.15) is 47.1 Å². The molecule has 0 radical (unpaired) electrons. The fourth-order valence-electron chi connectivity index (χ4n) is 4.08. The van der Waals surface area contributed by atoms with Crippen molar-refractivity contribution in [3.63, 3.8) is 0 Å². The van der Waals surface area contributed by atoms with Crippen molar-refractivity contribution in [1.82, 2.24) is 29.5 Å². The first kappa shape index (κ1) is 19.2. The molecule has 1 aliphatic heterocycles. The first-order valence-electron chi connectivity index (χ1n) is 10.2. The summed E-state index contributed by atoms with van der Waals surface area (Å²) in [5.41, 5.74) is 5.99. The highest BCUT2D eigenvalue weighted by Crippen LogP contribution is 2.38. The Kier molecular flexibility index (Phi) is 4.79. The van der Waals surface area contributed by atoms with E-state index in [0.717, 1.165) is 44.8 Å². The van der Waals surface area contributed by atoms with Crippen LogP contribution >= 0.6 is 11.3 Å². The van der Waals surface area contributed by atoms with Gasteiger partial charge in [-0.05, 0) is 30.9 Å². The molecule has 9 heteroatoms. The number of hydrogen-bond donors (Lipinski definition) is 1. The number of aryl methyl sites for hydroxylation is 1. The Balaban J connectivity index is 1.58. The van der Waals surface area contributed by atoms with E-state index >= 15 is 0 Å². The summed E-state index contributed by atoms with van der Waals surface area (Å²) in [7, 11) is 0. The second kappa shape index (κ2) is 7.48. The number of aromatic nitrogens is 5. The van der Waals surface area contributed by atoms with Gasteiger partial charge in [-0.2, -0.15) is 5.10 Å². The number of fused-ring (bicyclic) bond motifs is 2. The molecule has 1 amide bonds. The third kappa shape index (κ3) is 3.18. The molecule has 0 aliphatic carbocycles. The summed E-state index contributed by atoms with van der Waals surface area (Å²) >= 11 is 1.43. The second-order valence-corrected chi connectivity index (χ2v) is 8.96. The maximum Gasteiger partial charge on any atom is 0.283 e. The predicted molar refractivity (Wildman–Crippen MR) is 116 cm³/mol. The van der Waals surface area contributed by atoms with E-state index in [9.17, 15) is 4.79 Å². The van der Waals surface area contributed by atoms with Crippen LogP contribution in [0.5, 0.6) is 0 Å². The molecule has 8 nitrogen and oxygen atoms in total. The standard InChI is InChI=1S/C21H24N6O2S/c1-12(2)15-16(14-9-13(3)18-22-11-23-27(18)10-14)24-19-17(15)25-20(30-19)21(28)26-5-4-7-29-8-6-26/h9-12,24H,4-8H2,1-3H3. The van der Waals surface area contributed by atoms with Crippen LogP contribution in [0.4, 0.5) is 0 Å². The number of hydrogen-bond acceptors (Lipinski definition) is 6. The number of carbonyl (C=O) groups is 1. The number of carbonyl (C=O) groups excluding carboxylic acids is 1. The molecule has 0 atom stereocenters. The van der Waals surface area contributed by atoms with Gasteiger partial charge in [0.1, 0.15) is 16.7 Å². The number of aromatic amines is 1. The van der Waals surface area contributed by atoms with Gasteiger partial charge in [0.15, 0.2) is 10.7 Å². The van der Waals surface area contributed by atoms with Gasteiger partial charge in [-0.25, -0.2) is 14.5 Å². The Morgan fingerprint density at radius 2 is 2.17 bits per heavy atom. The van der Waals surface area contributed by atoms with Gasteiger partial charge in [0.25, 0.3) is 5.91 Å². The zero-order valence-corrected chi connectivity index (χ0v) is 18.1. The number of pyridine rings is 1. The number of amides is 1. The number of nitrogens with zero attached hydrogens (tertiary/aromatic N) is 5. The zero-order valence-electron chi connectivity index (χ0n) is 17.3. The van der Waals surface area contributed by atoms with E-state index in [1.54, 1.807) is 10.8 Å². The molecule has 0 aromatic carbocycles. The molecule has 4 aromatic heterocycles. The molecular formula is C21H24N6O2S. The predicted octanol–water partition coefficient (Wildman–Crippen LogP) is 3.63. The summed E-state index contributed by atoms with van der Waals surface area (Å²) in [6, 6.07) is 2.12. The third-order valence-corrected chi connectivity index (χ3v) is 6.47. The van der Waals surface area contributed by atoms with Gasteiger partial charge in [0.05, 0.1) is 12.3 Å².